The normalized spacial score (nSPS) is 28.2. The van der Waals surface area contributed by atoms with Crippen LogP contribution in [0.4, 0.5) is 10.1 Å². The third-order valence-electron chi connectivity index (χ3n) is 10.5. The molecule has 2 N–H and O–H groups in total. The third kappa shape index (κ3) is 4.56. The number of imide groups is 2. The molecule has 0 spiro atoms. The minimum Gasteiger partial charge on any atom is -0.508 e. The molecule has 4 amide bonds. The molecule has 248 valence electrons. The van der Waals surface area contributed by atoms with Crippen LogP contribution in [0.5, 0.6) is 11.5 Å². The van der Waals surface area contributed by atoms with Gasteiger partial charge in [0.05, 0.1) is 36.0 Å². The number of nitrogens with zero attached hydrogens (tertiary/aromatic N) is 2. The molecule has 0 aromatic heterocycles. The summed E-state index contributed by atoms with van der Waals surface area (Å²) in [7, 11) is 1.46. The van der Waals surface area contributed by atoms with E-state index < -0.39 is 58.2 Å². The molecular formula is C37H35ClFN3O6. The van der Waals surface area contributed by atoms with E-state index in [1.165, 1.54) is 48.4 Å². The SMILES string of the molecule is COc1cc(O)ccc1C1C2=CCC3C(=O)N(C(C)(C)C)C(=O)C3C2CC2C(=O)N(Nc3ccc(F)cc3)C(=O)C21c1ccc(Cl)cc1. The van der Waals surface area contributed by atoms with Gasteiger partial charge in [-0.3, -0.25) is 29.5 Å². The van der Waals surface area contributed by atoms with Gasteiger partial charge in [-0.1, -0.05) is 41.4 Å². The highest BCUT2D eigenvalue weighted by Crippen LogP contribution is 2.65. The number of hydrogen-bond donors (Lipinski definition) is 2. The van der Waals surface area contributed by atoms with Crippen LogP contribution in [0.15, 0.2) is 78.4 Å². The van der Waals surface area contributed by atoms with Crippen LogP contribution in [0.2, 0.25) is 5.02 Å². The predicted octanol–water partition coefficient (Wildman–Crippen LogP) is 5.98. The van der Waals surface area contributed by atoms with Crippen LogP contribution in [-0.2, 0) is 24.6 Å². The van der Waals surface area contributed by atoms with E-state index in [1.54, 1.807) is 30.3 Å². The largest absolute Gasteiger partial charge is 0.508 e. The fraction of sp³-hybridized carbons (Fsp3) is 0.351. The number of phenolic OH excluding ortho intramolecular Hbond substituents is 1. The highest BCUT2D eigenvalue weighted by atomic mass is 35.5. The number of aromatic hydroxyl groups is 1. The van der Waals surface area contributed by atoms with Crippen LogP contribution in [0, 0.1) is 29.5 Å². The maximum Gasteiger partial charge on any atom is 0.260 e. The lowest BCUT2D eigenvalue weighted by Crippen LogP contribution is -2.53. The Morgan fingerprint density at radius 1 is 0.938 bits per heavy atom. The summed E-state index contributed by atoms with van der Waals surface area (Å²) in [4.78, 5) is 59.2. The first kappa shape index (κ1) is 31.9. The smallest absolute Gasteiger partial charge is 0.260 e. The molecule has 0 radical (unpaired) electrons. The number of fused-ring (bicyclic) bond motifs is 4. The number of carbonyl (C=O) groups is 4. The van der Waals surface area contributed by atoms with E-state index >= 15 is 4.79 Å². The van der Waals surface area contributed by atoms with E-state index in [1.807, 2.05) is 26.8 Å². The summed E-state index contributed by atoms with van der Waals surface area (Å²) in [6.45, 7) is 5.47. The number of methoxy groups -OCH3 is 1. The standard InChI is InChI=1S/C37H35ClFN3O6/c1-36(2,3)41-32(44)26-16-15-24-27(30(26)34(41)46)18-28-33(45)42(40-22-11-9-21(39)10-12-22)35(47)37(28,19-5-7-20(38)8-6-19)31(24)25-14-13-23(43)17-29(25)48-4/h5-15,17,26-28,30-31,40,43H,16,18H2,1-4H3. The minimum absolute atomic E-state index is 0.0523. The number of likely N-dealkylation sites (tertiary alicyclic amines) is 1. The number of nitrogens with one attached hydrogen (secondary N) is 1. The number of anilines is 1. The zero-order valence-electron chi connectivity index (χ0n) is 26.9. The third-order valence-corrected chi connectivity index (χ3v) is 10.7. The first-order valence-corrected chi connectivity index (χ1v) is 16.3. The van der Waals surface area contributed by atoms with Crippen LogP contribution in [0.3, 0.4) is 0 Å². The van der Waals surface area contributed by atoms with E-state index in [0.717, 1.165) is 10.6 Å². The van der Waals surface area contributed by atoms with E-state index in [0.29, 0.717) is 27.6 Å². The number of hydrazine groups is 1. The van der Waals surface area contributed by atoms with Crippen molar-refractivity contribution in [2.24, 2.45) is 23.7 Å². The number of allylic oxidation sites excluding steroid dienone is 2. The Hall–Kier alpha value is -4.70. The number of amides is 4. The van der Waals surface area contributed by atoms with Gasteiger partial charge in [0, 0.05) is 28.1 Å². The number of benzene rings is 3. The van der Waals surface area contributed by atoms with Crippen LogP contribution >= 0.6 is 11.6 Å². The molecule has 2 saturated heterocycles. The van der Waals surface area contributed by atoms with Gasteiger partial charge < -0.3 is 9.84 Å². The lowest BCUT2D eigenvalue weighted by atomic mass is 9.49. The molecule has 2 heterocycles. The number of phenols is 1. The van der Waals surface area contributed by atoms with Crippen molar-refractivity contribution in [3.63, 3.8) is 0 Å². The topological polar surface area (TPSA) is 116 Å². The van der Waals surface area contributed by atoms with Crippen LogP contribution in [-0.4, -0.2) is 51.3 Å². The summed E-state index contributed by atoms with van der Waals surface area (Å²) in [6, 6.07) is 16.8. The van der Waals surface area contributed by atoms with Gasteiger partial charge in [-0.05, 0) is 87.6 Å². The van der Waals surface area contributed by atoms with Gasteiger partial charge in [-0.2, -0.15) is 5.01 Å². The highest BCUT2D eigenvalue weighted by molar-refractivity contribution is 6.30. The lowest BCUT2D eigenvalue weighted by Gasteiger charge is -2.50. The van der Waals surface area contributed by atoms with Crippen LogP contribution in [0.25, 0.3) is 0 Å². The van der Waals surface area contributed by atoms with Gasteiger partial charge in [0.2, 0.25) is 11.8 Å². The number of hydrogen-bond acceptors (Lipinski definition) is 7. The number of halogens is 2. The van der Waals surface area contributed by atoms with E-state index in [-0.39, 0.29) is 30.4 Å². The molecule has 6 atom stereocenters. The minimum atomic E-state index is -1.55. The molecule has 6 unspecified atom stereocenters. The molecule has 1 saturated carbocycles. The molecule has 9 nitrogen and oxygen atoms in total. The second kappa shape index (κ2) is 11.2. The Balaban J connectivity index is 1.48. The quantitative estimate of drug-likeness (QED) is 0.253. The fourth-order valence-corrected chi connectivity index (χ4v) is 8.73. The van der Waals surface area contributed by atoms with Gasteiger partial charge in [0.1, 0.15) is 17.3 Å². The predicted molar refractivity (Wildman–Crippen MR) is 175 cm³/mol. The van der Waals surface area contributed by atoms with Gasteiger partial charge in [0.15, 0.2) is 0 Å². The molecule has 7 rings (SSSR count). The number of rotatable bonds is 5. The van der Waals surface area contributed by atoms with Crippen molar-refractivity contribution in [3.8, 4) is 11.5 Å². The summed E-state index contributed by atoms with van der Waals surface area (Å²) in [5.41, 5.74) is 2.79. The van der Waals surface area contributed by atoms with Crippen molar-refractivity contribution in [1.82, 2.24) is 9.91 Å². The number of carbonyl (C=O) groups excluding carboxylic acids is 4. The molecule has 48 heavy (non-hydrogen) atoms. The van der Waals surface area contributed by atoms with E-state index in [4.69, 9.17) is 16.3 Å². The Labute approximate surface area is 282 Å². The molecule has 3 aromatic carbocycles. The monoisotopic (exact) mass is 671 g/mol. The molecule has 0 bridgehead atoms. The Bertz CT molecular complexity index is 1890. The maximum absolute atomic E-state index is 15.2. The zero-order valence-corrected chi connectivity index (χ0v) is 27.6. The Morgan fingerprint density at radius 3 is 2.27 bits per heavy atom. The summed E-state index contributed by atoms with van der Waals surface area (Å²) < 4.78 is 19.6. The van der Waals surface area contributed by atoms with E-state index in [2.05, 4.69) is 5.43 Å². The molecule has 4 aliphatic rings. The first-order chi connectivity index (χ1) is 22.8. The van der Waals surface area contributed by atoms with Crippen LogP contribution < -0.4 is 10.2 Å². The Kier molecular flexibility index (Phi) is 7.43. The molecule has 2 aliphatic carbocycles. The molecule has 2 aliphatic heterocycles. The average molecular weight is 672 g/mol. The first-order valence-electron chi connectivity index (χ1n) is 15.9. The van der Waals surface area contributed by atoms with Crippen molar-refractivity contribution >= 4 is 40.9 Å². The molecule has 3 fully saturated rings. The molecule has 3 aromatic rings. The van der Waals surface area contributed by atoms with Crippen molar-refractivity contribution < 1.29 is 33.4 Å². The number of ether oxygens (including phenoxy) is 1. The van der Waals surface area contributed by atoms with Gasteiger partial charge in [0.25, 0.3) is 11.8 Å². The fourth-order valence-electron chi connectivity index (χ4n) is 8.60. The second-order valence-corrected chi connectivity index (χ2v) is 14.4. The van der Waals surface area contributed by atoms with Crippen molar-refractivity contribution in [2.75, 3.05) is 12.5 Å². The van der Waals surface area contributed by atoms with Crippen molar-refractivity contribution in [3.05, 3.63) is 100 Å². The maximum atomic E-state index is 15.2. The van der Waals surface area contributed by atoms with E-state index in [9.17, 15) is 23.9 Å². The van der Waals surface area contributed by atoms with Crippen molar-refractivity contribution in [1.29, 1.82) is 0 Å². The summed E-state index contributed by atoms with van der Waals surface area (Å²) in [5.74, 6) is -5.55. The van der Waals surface area contributed by atoms with Gasteiger partial charge in [-0.25, -0.2) is 4.39 Å². The summed E-state index contributed by atoms with van der Waals surface area (Å²) in [6.07, 6.45) is 2.36. The van der Waals surface area contributed by atoms with Gasteiger partial charge in [-0.15, -0.1) is 0 Å². The molecular weight excluding hydrogens is 637 g/mol. The summed E-state index contributed by atoms with van der Waals surface area (Å²) in [5, 5.41) is 11.9. The lowest BCUT2D eigenvalue weighted by molar-refractivity contribution is -0.146. The Morgan fingerprint density at radius 2 is 1.62 bits per heavy atom. The zero-order chi connectivity index (χ0) is 34.3. The van der Waals surface area contributed by atoms with Crippen LogP contribution in [0.1, 0.15) is 50.7 Å². The highest BCUT2D eigenvalue weighted by Gasteiger charge is 2.71. The van der Waals surface area contributed by atoms with Gasteiger partial charge >= 0.3 is 0 Å². The second-order valence-electron chi connectivity index (χ2n) is 14.0. The summed E-state index contributed by atoms with van der Waals surface area (Å²) >= 11 is 6.34. The average Bonchev–Trinajstić information content (AvgIpc) is 3.43. The van der Waals surface area contributed by atoms with Crippen molar-refractivity contribution in [2.45, 2.75) is 50.5 Å². The molecule has 11 heteroatoms.